The van der Waals surface area contributed by atoms with Crippen LogP contribution in [0.1, 0.15) is 23.1 Å². The van der Waals surface area contributed by atoms with Crippen molar-refractivity contribution in [1.82, 2.24) is 25.5 Å². The summed E-state index contributed by atoms with van der Waals surface area (Å²) in [5.41, 5.74) is 1.43. The SMILES string of the molecule is CC(=O)N(C)Cc1ccccc1NC(=O)c1nn[nH]n1. The van der Waals surface area contributed by atoms with E-state index in [1.807, 2.05) is 12.1 Å². The molecule has 0 bridgehead atoms. The first-order valence-electron chi connectivity index (χ1n) is 5.92. The fourth-order valence-electron chi connectivity index (χ4n) is 1.58. The molecule has 2 rings (SSSR count). The third kappa shape index (κ3) is 3.16. The van der Waals surface area contributed by atoms with Crippen LogP contribution in [-0.4, -0.2) is 44.4 Å². The lowest BCUT2D eigenvalue weighted by Gasteiger charge is -2.17. The van der Waals surface area contributed by atoms with Gasteiger partial charge in [0.1, 0.15) is 0 Å². The number of H-pyrrole nitrogens is 1. The summed E-state index contributed by atoms with van der Waals surface area (Å²) in [6.45, 7) is 1.89. The summed E-state index contributed by atoms with van der Waals surface area (Å²) in [7, 11) is 1.69. The molecule has 1 aromatic heterocycles. The van der Waals surface area contributed by atoms with E-state index < -0.39 is 5.91 Å². The lowest BCUT2D eigenvalue weighted by atomic mass is 10.1. The maximum absolute atomic E-state index is 11.9. The predicted octanol–water partition coefficient (Wildman–Crippen LogP) is 0.430. The number of carbonyl (C=O) groups excluding carboxylic acids is 2. The number of hydrogen-bond acceptors (Lipinski definition) is 5. The van der Waals surface area contributed by atoms with Crippen LogP contribution in [0.25, 0.3) is 0 Å². The van der Waals surface area contributed by atoms with Gasteiger partial charge in [-0.05, 0) is 16.8 Å². The molecule has 0 spiro atoms. The lowest BCUT2D eigenvalue weighted by Crippen LogP contribution is -2.24. The summed E-state index contributed by atoms with van der Waals surface area (Å²) in [6, 6.07) is 7.23. The Morgan fingerprint density at radius 3 is 2.75 bits per heavy atom. The quantitative estimate of drug-likeness (QED) is 0.841. The molecule has 0 saturated carbocycles. The van der Waals surface area contributed by atoms with Crippen molar-refractivity contribution in [2.24, 2.45) is 0 Å². The second kappa shape index (κ2) is 5.91. The molecule has 2 N–H and O–H groups in total. The van der Waals surface area contributed by atoms with Gasteiger partial charge in [0, 0.05) is 26.2 Å². The van der Waals surface area contributed by atoms with Crippen LogP contribution in [0.15, 0.2) is 24.3 Å². The first-order valence-corrected chi connectivity index (χ1v) is 5.92. The molecule has 2 amide bonds. The van der Waals surface area contributed by atoms with E-state index in [9.17, 15) is 9.59 Å². The van der Waals surface area contributed by atoms with Crippen LogP contribution < -0.4 is 5.32 Å². The average Bonchev–Trinajstić information content (AvgIpc) is 2.94. The van der Waals surface area contributed by atoms with Crippen molar-refractivity contribution in [2.75, 3.05) is 12.4 Å². The number of para-hydroxylation sites is 1. The summed E-state index contributed by atoms with van der Waals surface area (Å²) >= 11 is 0. The first-order chi connectivity index (χ1) is 9.58. The average molecular weight is 274 g/mol. The molecule has 0 aliphatic carbocycles. The van der Waals surface area contributed by atoms with Gasteiger partial charge < -0.3 is 10.2 Å². The van der Waals surface area contributed by atoms with Crippen molar-refractivity contribution in [3.63, 3.8) is 0 Å². The molecule has 2 aromatic rings. The second-order valence-corrected chi connectivity index (χ2v) is 4.22. The molecule has 20 heavy (non-hydrogen) atoms. The normalized spacial score (nSPS) is 10.1. The molecule has 0 radical (unpaired) electrons. The molecule has 0 aliphatic rings. The lowest BCUT2D eigenvalue weighted by molar-refractivity contribution is -0.128. The van der Waals surface area contributed by atoms with Crippen molar-refractivity contribution in [3.05, 3.63) is 35.7 Å². The Morgan fingerprint density at radius 2 is 2.10 bits per heavy atom. The van der Waals surface area contributed by atoms with Crippen LogP contribution >= 0.6 is 0 Å². The van der Waals surface area contributed by atoms with Gasteiger partial charge in [-0.3, -0.25) is 9.59 Å². The van der Waals surface area contributed by atoms with Crippen molar-refractivity contribution >= 4 is 17.5 Å². The Bertz CT molecular complexity index is 610. The Morgan fingerprint density at radius 1 is 1.35 bits per heavy atom. The summed E-state index contributed by atoms with van der Waals surface area (Å²) in [4.78, 5) is 24.7. The Labute approximate surface area is 115 Å². The number of amides is 2. The molecular weight excluding hydrogens is 260 g/mol. The van der Waals surface area contributed by atoms with Crippen molar-refractivity contribution < 1.29 is 9.59 Å². The van der Waals surface area contributed by atoms with E-state index >= 15 is 0 Å². The number of aromatic nitrogens is 4. The van der Waals surface area contributed by atoms with Crippen LogP contribution in [0, 0.1) is 0 Å². The molecule has 0 atom stereocenters. The molecule has 104 valence electrons. The van der Waals surface area contributed by atoms with Gasteiger partial charge in [0.05, 0.1) is 0 Å². The molecule has 0 aliphatic heterocycles. The Balaban J connectivity index is 2.16. The van der Waals surface area contributed by atoms with E-state index in [2.05, 4.69) is 25.9 Å². The largest absolute Gasteiger partial charge is 0.342 e. The van der Waals surface area contributed by atoms with Gasteiger partial charge in [-0.25, -0.2) is 0 Å². The Kier molecular flexibility index (Phi) is 4.04. The van der Waals surface area contributed by atoms with Crippen LogP contribution in [-0.2, 0) is 11.3 Å². The number of nitrogens with one attached hydrogen (secondary N) is 2. The molecule has 8 nitrogen and oxygen atoms in total. The van der Waals surface area contributed by atoms with Gasteiger partial charge in [-0.2, -0.15) is 5.21 Å². The molecule has 0 saturated heterocycles. The highest BCUT2D eigenvalue weighted by Crippen LogP contribution is 2.17. The van der Waals surface area contributed by atoms with Crippen LogP contribution in [0.2, 0.25) is 0 Å². The number of carbonyl (C=O) groups is 2. The molecule has 1 aromatic carbocycles. The highest BCUT2D eigenvalue weighted by molar-refractivity contribution is 6.01. The zero-order chi connectivity index (χ0) is 14.5. The second-order valence-electron chi connectivity index (χ2n) is 4.22. The minimum absolute atomic E-state index is 0.0419. The standard InChI is InChI=1S/C12H14N6O2/c1-8(19)18(2)7-9-5-3-4-6-10(9)13-12(20)11-14-16-17-15-11/h3-6H,7H2,1-2H3,(H,13,20)(H,14,15,16,17). The zero-order valence-corrected chi connectivity index (χ0v) is 11.1. The van der Waals surface area contributed by atoms with E-state index in [4.69, 9.17) is 0 Å². The number of benzene rings is 1. The topological polar surface area (TPSA) is 104 Å². The zero-order valence-electron chi connectivity index (χ0n) is 11.1. The highest BCUT2D eigenvalue weighted by atomic mass is 16.2. The summed E-state index contributed by atoms with van der Waals surface area (Å²) in [5, 5.41) is 15.5. The third-order valence-electron chi connectivity index (χ3n) is 2.76. The first kappa shape index (κ1) is 13.7. The smallest absolute Gasteiger partial charge is 0.297 e. The van der Waals surface area contributed by atoms with Gasteiger partial charge >= 0.3 is 0 Å². The fourth-order valence-corrected chi connectivity index (χ4v) is 1.58. The monoisotopic (exact) mass is 274 g/mol. The van der Waals surface area contributed by atoms with Crippen LogP contribution in [0.3, 0.4) is 0 Å². The van der Waals surface area contributed by atoms with Crippen molar-refractivity contribution in [2.45, 2.75) is 13.5 Å². The molecule has 8 heteroatoms. The molecular formula is C12H14N6O2. The summed E-state index contributed by atoms with van der Waals surface area (Å²) in [6.07, 6.45) is 0. The maximum atomic E-state index is 11.9. The van der Waals surface area contributed by atoms with Crippen molar-refractivity contribution in [1.29, 1.82) is 0 Å². The number of tetrazole rings is 1. The van der Waals surface area contributed by atoms with E-state index in [1.54, 1.807) is 24.1 Å². The van der Waals surface area contributed by atoms with Gasteiger partial charge in [-0.1, -0.05) is 18.2 Å². The predicted molar refractivity (Wildman–Crippen MR) is 70.7 cm³/mol. The molecule has 0 fully saturated rings. The number of aromatic amines is 1. The van der Waals surface area contributed by atoms with Crippen LogP contribution in [0.5, 0.6) is 0 Å². The molecule has 1 heterocycles. The van der Waals surface area contributed by atoms with E-state index in [0.717, 1.165) is 5.56 Å². The van der Waals surface area contributed by atoms with Crippen LogP contribution in [0.4, 0.5) is 5.69 Å². The number of hydrogen-bond donors (Lipinski definition) is 2. The third-order valence-corrected chi connectivity index (χ3v) is 2.76. The van der Waals surface area contributed by atoms with Crippen molar-refractivity contribution in [3.8, 4) is 0 Å². The minimum atomic E-state index is -0.461. The summed E-state index contributed by atoms with van der Waals surface area (Å²) < 4.78 is 0. The highest BCUT2D eigenvalue weighted by Gasteiger charge is 2.14. The summed E-state index contributed by atoms with van der Waals surface area (Å²) in [5.74, 6) is -0.555. The Hall–Kier alpha value is -2.77. The van der Waals surface area contributed by atoms with E-state index in [-0.39, 0.29) is 11.7 Å². The number of rotatable bonds is 4. The van der Waals surface area contributed by atoms with Gasteiger partial charge in [0.25, 0.3) is 11.7 Å². The maximum Gasteiger partial charge on any atom is 0.297 e. The van der Waals surface area contributed by atoms with Gasteiger partial charge in [0.2, 0.25) is 5.91 Å². The number of anilines is 1. The number of nitrogens with zero attached hydrogens (tertiary/aromatic N) is 4. The molecule has 0 unspecified atom stereocenters. The fraction of sp³-hybridized carbons (Fsp3) is 0.250. The van der Waals surface area contributed by atoms with Gasteiger partial charge in [-0.15, -0.1) is 10.2 Å². The van der Waals surface area contributed by atoms with E-state index in [0.29, 0.717) is 12.2 Å². The van der Waals surface area contributed by atoms with E-state index in [1.165, 1.54) is 6.92 Å². The van der Waals surface area contributed by atoms with Gasteiger partial charge in [0.15, 0.2) is 0 Å². The minimum Gasteiger partial charge on any atom is -0.342 e.